The molecule has 0 spiro atoms. The average Bonchev–Trinajstić information content (AvgIpc) is 3.24. The van der Waals surface area contributed by atoms with Gasteiger partial charge in [-0.3, -0.25) is 4.79 Å². The van der Waals surface area contributed by atoms with Crippen molar-refractivity contribution in [1.29, 1.82) is 0 Å². The smallest absolute Gasteiger partial charge is 0.274 e. The van der Waals surface area contributed by atoms with Gasteiger partial charge in [-0.25, -0.2) is 23.1 Å². The van der Waals surface area contributed by atoms with Crippen LogP contribution in [0.15, 0.2) is 59.9 Å². The number of alkyl halides is 2. The molecule has 1 amide bonds. The number of carbonyl (C=O) groups excluding carboxylic acids is 1. The lowest BCUT2D eigenvalue weighted by Gasteiger charge is -2.34. The number of fused-ring (bicyclic) bond motifs is 1. The number of amides is 1. The van der Waals surface area contributed by atoms with Crippen molar-refractivity contribution in [1.82, 2.24) is 9.55 Å². The van der Waals surface area contributed by atoms with Crippen molar-refractivity contribution >= 4 is 17.4 Å². The number of methoxy groups -OCH3 is 1. The first-order valence-electron chi connectivity index (χ1n) is 9.24. The summed E-state index contributed by atoms with van der Waals surface area (Å²) in [5, 5.41) is 2.54. The van der Waals surface area contributed by atoms with Gasteiger partial charge < -0.3 is 20.4 Å². The molecule has 160 valence electrons. The van der Waals surface area contributed by atoms with Crippen molar-refractivity contribution in [2.75, 3.05) is 12.4 Å². The number of halogens is 3. The van der Waals surface area contributed by atoms with E-state index in [-0.39, 0.29) is 29.3 Å². The summed E-state index contributed by atoms with van der Waals surface area (Å²) in [6.07, 6.45) is -0.108. The molecule has 0 radical (unpaired) electrons. The molecule has 10 heteroatoms. The van der Waals surface area contributed by atoms with Gasteiger partial charge >= 0.3 is 0 Å². The van der Waals surface area contributed by atoms with Crippen molar-refractivity contribution < 1.29 is 22.7 Å². The minimum Gasteiger partial charge on any atom is -0.495 e. The van der Waals surface area contributed by atoms with Gasteiger partial charge in [0.15, 0.2) is 5.54 Å². The Hall–Kier alpha value is -3.82. The zero-order chi connectivity index (χ0) is 22.2. The van der Waals surface area contributed by atoms with Gasteiger partial charge in [0, 0.05) is 17.4 Å². The Bertz CT molecular complexity index is 1160. The Morgan fingerprint density at radius 1 is 1.29 bits per heavy atom. The molecule has 1 unspecified atom stereocenters. The quantitative estimate of drug-likeness (QED) is 0.652. The normalized spacial score (nSPS) is 17.8. The maximum absolute atomic E-state index is 14.7. The number of pyridine rings is 1. The lowest BCUT2D eigenvalue weighted by molar-refractivity contribution is 0.0387. The van der Waals surface area contributed by atoms with Gasteiger partial charge in [-0.1, -0.05) is 0 Å². The number of ether oxygens (including phenoxy) is 1. The molecule has 3 N–H and O–H groups in total. The molecule has 0 aliphatic carbocycles. The van der Waals surface area contributed by atoms with Gasteiger partial charge in [0.05, 0.1) is 25.5 Å². The third-order valence-electron chi connectivity index (χ3n) is 5.08. The number of nitrogens with two attached hydrogens (primary N) is 1. The highest BCUT2D eigenvalue weighted by Gasteiger charge is 2.47. The highest BCUT2D eigenvalue weighted by atomic mass is 19.3. The fourth-order valence-electron chi connectivity index (χ4n) is 3.50. The molecular weight excluding hydrogens is 411 g/mol. The first-order chi connectivity index (χ1) is 14.8. The van der Waals surface area contributed by atoms with Crippen molar-refractivity contribution in [3.05, 3.63) is 77.6 Å². The number of amidine groups is 1. The van der Waals surface area contributed by atoms with E-state index in [1.54, 1.807) is 24.4 Å². The Balaban J connectivity index is 1.69. The van der Waals surface area contributed by atoms with Crippen LogP contribution in [0, 0.1) is 5.82 Å². The van der Waals surface area contributed by atoms with Crippen molar-refractivity contribution in [2.24, 2.45) is 10.7 Å². The minimum absolute atomic E-state index is 0.0761. The summed E-state index contributed by atoms with van der Waals surface area (Å²) < 4.78 is 49.8. The number of anilines is 1. The number of hydrogen-bond acceptors (Lipinski definition) is 5. The summed E-state index contributed by atoms with van der Waals surface area (Å²) in [4.78, 5) is 20.4. The molecule has 1 atom stereocenters. The summed E-state index contributed by atoms with van der Waals surface area (Å²) in [6, 6.07) is 9.71. The molecule has 0 bridgehead atoms. The van der Waals surface area contributed by atoms with Gasteiger partial charge in [0.2, 0.25) is 0 Å². The van der Waals surface area contributed by atoms with Crippen LogP contribution in [0.2, 0.25) is 0 Å². The van der Waals surface area contributed by atoms with Crippen LogP contribution in [0.25, 0.3) is 0 Å². The Labute approximate surface area is 175 Å². The molecule has 3 aromatic rings. The summed E-state index contributed by atoms with van der Waals surface area (Å²) in [5.74, 6) is -1.12. The molecule has 7 nitrogen and oxygen atoms in total. The highest BCUT2D eigenvalue weighted by molar-refractivity contribution is 6.03. The summed E-state index contributed by atoms with van der Waals surface area (Å²) >= 11 is 0. The summed E-state index contributed by atoms with van der Waals surface area (Å²) in [6.45, 7) is -0.304. The van der Waals surface area contributed by atoms with E-state index < -0.39 is 23.7 Å². The van der Waals surface area contributed by atoms with Crippen LogP contribution in [0.4, 0.5) is 18.9 Å². The van der Waals surface area contributed by atoms with Gasteiger partial charge in [-0.05, 0) is 42.5 Å². The van der Waals surface area contributed by atoms with E-state index in [1.165, 1.54) is 30.0 Å². The first-order valence-corrected chi connectivity index (χ1v) is 9.24. The van der Waals surface area contributed by atoms with E-state index in [4.69, 9.17) is 10.5 Å². The molecular formula is C21H18F3N5O2. The molecule has 0 saturated heterocycles. The molecule has 2 aromatic heterocycles. The lowest BCUT2D eigenvalue weighted by Crippen LogP contribution is -2.44. The monoisotopic (exact) mass is 429 g/mol. The second-order valence-corrected chi connectivity index (χ2v) is 6.98. The standard InChI is InChI=1S/C21H18F3N5O2/c1-31-13-5-7-16(26-10-13)19(30)27-12-4-6-15(22)14(9-12)21(20(23)24)11-29-8-2-3-17(29)18(25)28-21/h2-10,20H,11H2,1H3,(H2,25,28)(H,27,30). The summed E-state index contributed by atoms with van der Waals surface area (Å²) in [7, 11) is 1.47. The molecule has 31 heavy (non-hydrogen) atoms. The molecule has 0 saturated carbocycles. The van der Waals surface area contributed by atoms with E-state index in [2.05, 4.69) is 15.3 Å². The van der Waals surface area contributed by atoms with E-state index in [9.17, 15) is 18.0 Å². The third-order valence-corrected chi connectivity index (χ3v) is 5.08. The molecule has 4 rings (SSSR count). The molecule has 1 aliphatic rings. The van der Waals surface area contributed by atoms with Crippen LogP contribution in [-0.4, -0.2) is 34.8 Å². The Morgan fingerprint density at radius 2 is 2.10 bits per heavy atom. The fourth-order valence-corrected chi connectivity index (χ4v) is 3.50. The topological polar surface area (TPSA) is 94.5 Å². The molecule has 3 heterocycles. The van der Waals surface area contributed by atoms with Crippen molar-refractivity contribution in [2.45, 2.75) is 18.5 Å². The van der Waals surface area contributed by atoms with Crippen LogP contribution in [0.5, 0.6) is 5.75 Å². The maximum atomic E-state index is 14.7. The second-order valence-electron chi connectivity index (χ2n) is 6.98. The average molecular weight is 429 g/mol. The number of nitrogens with zero attached hydrogens (tertiary/aromatic N) is 3. The number of aromatic nitrogens is 2. The van der Waals surface area contributed by atoms with Gasteiger partial charge in [0.25, 0.3) is 12.3 Å². The minimum atomic E-state index is -3.05. The zero-order valence-electron chi connectivity index (χ0n) is 16.3. The van der Waals surface area contributed by atoms with Crippen molar-refractivity contribution in [3.8, 4) is 5.75 Å². The van der Waals surface area contributed by atoms with E-state index in [0.717, 1.165) is 12.1 Å². The van der Waals surface area contributed by atoms with E-state index in [1.807, 2.05) is 0 Å². The van der Waals surface area contributed by atoms with Gasteiger partial charge in [-0.15, -0.1) is 0 Å². The summed E-state index contributed by atoms with van der Waals surface area (Å²) in [5.41, 5.74) is 3.96. The van der Waals surface area contributed by atoms with Crippen LogP contribution in [0.3, 0.4) is 0 Å². The Morgan fingerprint density at radius 3 is 2.77 bits per heavy atom. The fraction of sp³-hybridized carbons (Fsp3) is 0.190. The number of hydrogen-bond donors (Lipinski definition) is 2. The zero-order valence-corrected chi connectivity index (χ0v) is 16.3. The van der Waals surface area contributed by atoms with Gasteiger partial charge in [-0.2, -0.15) is 0 Å². The maximum Gasteiger partial charge on any atom is 0.274 e. The van der Waals surface area contributed by atoms with Crippen LogP contribution in [0.1, 0.15) is 21.7 Å². The Kier molecular flexibility index (Phi) is 5.14. The number of rotatable bonds is 5. The van der Waals surface area contributed by atoms with Gasteiger partial charge in [0.1, 0.15) is 23.1 Å². The largest absolute Gasteiger partial charge is 0.495 e. The van der Waals surface area contributed by atoms with Crippen LogP contribution >= 0.6 is 0 Å². The third kappa shape index (κ3) is 3.60. The predicted octanol–water partition coefficient (Wildman–Crippen LogP) is 3.16. The molecule has 1 aromatic carbocycles. The van der Waals surface area contributed by atoms with Crippen LogP contribution < -0.4 is 15.8 Å². The SMILES string of the molecule is COc1ccc(C(=O)Nc2ccc(F)c(C3(C(F)F)Cn4cccc4C(N)=N3)c2)nc1. The first kappa shape index (κ1) is 20.5. The number of aliphatic imine (C=N–C) groups is 1. The highest BCUT2D eigenvalue weighted by Crippen LogP contribution is 2.40. The predicted molar refractivity (Wildman–Crippen MR) is 108 cm³/mol. The van der Waals surface area contributed by atoms with E-state index >= 15 is 0 Å². The lowest BCUT2D eigenvalue weighted by atomic mass is 9.88. The number of benzene rings is 1. The van der Waals surface area contributed by atoms with Crippen LogP contribution in [-0.2, 0) is 12.1 Å². The molecule has 0 fully saturated rings. The van der Waals surface area contributed by atoms with E-state index in [0.29, 0.717) is 11.4 Å². The molecule has 1 aliphatic heterocycles. The second kappa shape index (κ2) is 7.78. The van der Waals surface area contributed by atoms with Crippen molar-refractivity contribution in [3.63, 3.8) is 0 Å². The number of carbonyl (C=O) groups is 1. The number of nitrogens with one attached hydrogen (secondary N) is 1.